The fraction of sp³-hybridized carbons (Fsp3) is 0.375. The van der Waals surface area contributed by atoms with Crippen LogP contribution in [0.2, 0.25) is 0 Å². The highest BCUT2D eigenvalue weighted by atomic mass is 16.4. The molecular formula is C8H11NO3. The largest absolute Gasteiger partial charge is 0.481 e. The van der Waals surface area contributed by atoms with Gasteiger partial charge in [-0.3, -0.25) is 4.79 Å². The fourth-order valence-corrected chi connectivity index (χ4v) is 1.10. The summed E-state index contributed by atoms with van der Waals surface area (Å²) in [4.78, 5) is 13.5. The average molecular weight is 169 g/mol. The van der Waals surface area contributed by atoms with Crippen molar-refractivity contribution in [3.8, 4) is 0 Å². The van der Waals surface area contributed by atoms with Crippen LogP contribution in [0, 0.1) is 0 Å². The van der Waals surface area contributed by atoms with Gasteiger partial charge in [0.05, 0.1) is 5.92 Å². The van der Waals surface area contributed by atoms with Crippen LogP contribution in [-0.2, 0) is 4.79 Å². The lowest BCUT2D eigenvalue weighted by Gasteiger charge is -2.07. The summed E-state index contributed by atoms with van der Waals surface area (Å²) in [6.45, 7) is -0.115. The predicted octanol–water partition coefficient (Wildman–Crippen LogP) is 0.565. The summed E-state index contributed by atoms with van der Waals surface area (Å²) in [5.74, 6) is -1.53. The number of H-pyrrole nitrogens is 1. The number of carboxylic acids is 1. The van der Waals surface area contributed by atoms with Gasteiger partial charge in [0.25, 0.3) is 0 Å². The van der Waals surface area contributed by atoms with E-state index in [4.69, 9.17) is 10.2 Å². The molecule has 1 aromatic rings. The van der Waals surface area contributed by atoms with Crippen molar-refractivity contribution in [1.82, 2.24) is 4.98 Å². The summed E-state index contributed by atoms with van der Waals surface area (Å²) >= 11 is 0. The molecule has 1 heterocycles. The molecule has 1 atom stereocenters. The number of hydrogen-bond acceptors (Lipinski definition) is 2. The smallest absolute Gasteiger partial charge is 0.312 e. The number of carboxylic acid groups (broad SMARTS) is 1. The molecule has 0 aliphatic carbocycles. The van der Waals surface area contributed by atoms with Crippen molar-refractivity contribution in [3.05, 3.63) is 24.0 Å². The molecule has 0 aromatic carbocycles. The van der Waals surface area contributed by atoms with E-state index in [0.29, 0.717) is 5.69 Å². The topological polar surface area (TPSA) is 73.3 Å². The average Bonchev–Trinajstić information content (AvgIpc) is 2.51. The molecule has 0 amide bonds. The number of aromatic nitrogens is 1. The molecule has 0 saturated heterocycles. The molecule has 3 N–H and O–H groups in total. The molecule has 1 unspecified atom stereocenters. The Kier molecular flexibility index (Phi) is 2.88. The van der Waals surface area contributed by atoms with Gasteiger partial charge in [-0.2, -0.15) is 0 Å². The minimum Gasteiger partial charge on any atom is -0.481 e. The van der Waals surface area contributed by atoms with Crippen LogP contribution in [-0.4, -0.2) is 27.8 Å². The third-order valence-corrected chi connectivity index (χ3v) is 1.71. The SMILES string of the molecule is O=C(O)C(CCO)c1ccc[nH]1. The maximum Gasteiger partial charge on any atom is 0.312 e. The molecular weight excluding hydrogens is 158 g/mol. The molecule has 4 heteroatoms. The first-order valence-electron chi connectivity index (χ1n) is 3.72. The zero-order valence-electron chi connectivity index (χ0n) is 6.53. The number of rotatable bonds is 4. The third-order valence-electron chi connectivity index (χ3n) is 1.71. The van der Waals surface area contributed by atoms with E-state index in [1.807, 2.05) is 0 Å². The van der Waals surface area contributed by atoms with E-state index in [2.05, 4.69) is 4.98 Å². The number of aromatic amines is 1. The Morgan fingerprint density at radius 2 is 2.42 bits per heavy atom. The first-order chi connectivity index (χ1) is 5.75. The van der Waals surface area contributed by atoms with Crippen molar-refractivity contribution in [2.24, 2.45) is 0 Å². The van der Waals surface area contributed by atoms with Gasteiger partial charge in [-0.25, -0.2) is 0 Å². The Morgan fingerprint density at radius 1 is 1.67 bits per heavy atom. The molecule has 66 valence electrons. The first-order valence-corrected chi connectivity index (χ1v) is 3.72. The van der Waals surface area contributed by atoms with Crippen LogP contribution in [0.15, 0.2) is 18.3 Å². The van der Waals surface area contributed by atoms with Crippen LogP contribution < -0.4 is 0 Å². The molecule has 12 heavy (non-hydrogen) atoms. The highest BCUT2D eigenvalue weighted by molar-refractivity contribution is 5.75. The second-order valence-corrected chi connectivity index (χ2v) is 2.53. The molecule has 0 fully saturated rings. The van der Waals surface area contributed by atoms with Gasteiger partial charge in [-0.15, -0.1) is 0 Å². The van der Waals surface area contributed by atoms with Crippen LogP contribution in [0.5, 0.6) is 0 Å². The van der Waals surface area contributed by atoms with Crippen LogP contribution >= 0.6 is 0 Å². The van der Waals surface area contributed by atoms with Crippen LogP contribution in [0.4, 0.5) is 0 Å². The zero-order valence-corrected chi connectivity index (χ0v) is 6.53. The lowest BCUT2D eigenvalue weighted by molar-refractivity contribution is -0.139. The molecule has 0 aliphatic rings. The van der Waals surface area contributed by atoms with Crippen LogP contribution in [0.25, 0.3) is 0 Å². The first kappa shape index (κ1) is 8.80. The van der Waals surface area contributed by atoms with Crippen molar-refractivity contribution < 1.29 is 15.0 Å². The maximum absolute atomic E-state index is 10.7. The highest BCUT2D eigenvalue weighted by Gasteiger charge is 2.19. The van der Waals surface area contributed by atoms with Gasteiger partial charge >= 0.3 is 5.97 Å². The van der Waals surface area contributed by atoms with E-state index < -0.39 is 11.9 Å². The number of nitrogens with one attached hydrogen (secondary N) is 1. The monoisotopic (exact) mass is 169 g/mol. The van der Waals surface area contributed by atoms with Gasteiger partial charge in [0.15, 0.2) is 0 Å². The predicted molar refractivity (Wildman–Crippen MR) is 42.9 cm³/mol. The molecule has 0 aliphatic heterocycles. The van der Waals surface area contributed by atoms with Gasteiger partial charge in [-0.1, -0.05) is 0 Å². The van der Waals surface area contributed by atoms with Crippen molar-refractivity contribution >= 4 is 5.97 Å². The van der Waals surface area contributed by atoms with Gasteiger partial charge in [0, 0.05) is 18.5 Å². The normalized spacial score (nSPS) is 12.8. The Labute approximate surface area is 69.9 Å². The van der Waals surface area contributed by atoms with Crippen molar-refractivity contribution in [2.45, 2.75) is 12.3 Å². The Morgan fingerprint density at radius 3 is 2.83 bits per heavy atom. The lowest BCUT2D eigenvalue weighted by atomic mass is 10.0. The minimum absolute atomic E-state index is 0.115. The van der Waals surface area contributed by atoms with E-state index in [1.165, 1.54) is 0 Å². The van der Waals surface area contributed by atoms with Crippen molar-refractivity contribution in [3.63, 3.8) is 0 Å². The summed E-state index contributed by atoms with van der Waals surface area (Å²) in [6.07, 6.45) is 1.92. The summed E-state index contributed by atoms with van der Waals surface area (Å²) in [6, 6.07) is 3.44. The Hall–Kier alpha value is -1.29. The second-order valence-electron chi connectivity index (χ2n) is 2.53. The van der Waals surface area contributed by atoms with E-state index >= 15 is 0 Å². The summed E-state index contributed by atoms with van der Waals surface area (Å²) in [5.41, 5.74) is 0.636. The molecule has 0 saturated carbocycles. The number of hydrogen-bond donors (Lipinski definition) is 3. The number of aliphatic hydroxyl groups is 1. The van der Waals surface area contributed by atoms with Gasteiger partial charge in [0.1, 0.15) is 0 Å². The van der Waals surface area contributed by atoms with E-state index in [1.54, 1.807) is 18.3 Å². The van der Waals surface area contributed by atoms with Gasteiger partial charge in [-0.05, 0) is 18.6 Å². The Bertz CT molecular complexity index is 243. The standard InChI is InChI=1S/C8H11NO3/c10-5-3-6(8(11)12)7-2-1-4-9-7/h1-2,4,6,9-10H,3,5H2,(H,11,12). The second kappa shape index (κ2) is 3.92. The van der Waals surface area contributed by atoms with Crippen LogP contribution in [0.1, 0.15) is 18.0 Å². The zero-order chi connectivity index (χ0) is 8.97. The Balaban J connectivity index is 2.73. The van der Waals surface area contributed by atoms with E-state index in [0.717, 1.165) is 0 Å². The molecule has 0 radical (unpaired) electrons. The fourth-order valence-electron chi connectivity index (χ4n) is 1.10. The highest BCUT2D eigenvalue weighted by Crippen LogP contribution is 2.16. The number of aliphatic carboxylic acids is 1. The maximum atomic E-state index is 10.7. The molecule has 1 rings (SSSR count). The lowest BCUT2D eigenvalue weighted by Crippen LogP contribution is -2.13. The third kappa shape index (κ3) is 1.85. The van der Waals surface area contributed by atoms with E-state index in [9.17, 15) is 4.79 Å². The molecule has 4 nitrogen and oxygen atoms in total. The molecule has 1 aromatic heterocycles. The van der Waals surface area contributed by atoms with Crippen molar-refractivity contribution in [1.29, 1.82) is 0 Å². The quantitative estimate of drug-likeness (QED) is 0.616. The number of carbonyl (C=O) groups is 1. The van der Waals surface area contributed by atoms with Crippen LogP contribution in [0.3, 0.4) is 0 Å². The number of aliphatic hydroxyl groups excluding tert-OH is 1. The molecule has 0 bridgehead atoms. The molecule has 0 spiro atoms. The van der Waals surface area contributed by atoms with Crippen molar-refractivity contribution in [2.75, 3.05) is 6.61 Å². The van der Waals surface area contributed by atoms with Gasteiger partial charge in [0.2, 0.25) is 0 Å². The van der Waals surface area contributed by atoms with Gasteiger partial charge < -0.3 is 15.2 Å². The summed E-state index contributed by atoms with van der Waals surface area (Å²) < 4.78 is 0. The summed E-state index contributed by atoms with van der Waals surface area (Å²) in [7, 11) is 0. The summed E-state index contributed by atoms with van der Waals surface area (Å²) in [5, 5.41) is 17.4. The van der Waals surface area contributed by atoms with E-state index in [-0.39, 0.29) is 13.0 Å². The minimum atomic E-state index is -0.911.